The molecule has 0 aliphatic carbocycles. The summed E-state index contributed by atoms with van der Waals surface area (Å²) in [6.45, 7) is 2.11. The molecule has 9 nitrogen and oxygen atoms in total. The van der Waals surface area contributed by atoms with Gasteiger partial charge in [0, 0.05) is 6.54 Å². The fraction of sp³-hybridized carbons (Fsp3) is 0.333. The van der Waals surface area contributed by atoms with Gasteiger partial charge in [0.05, 0.1) is 13.7 Å². The third-order valence-corrected chi connectivity index (χ3v) is 3.57. The second-order valence-electron chi connectivity index (χ2n) is 5.95. The van der Waals surface area contributed by atoms with Gasteiger partial charge in [0.25, 0.3) is 0 Å². The fourth-order valence-corrected chi connectivity index (χ4v) is 2.15. The monoisotopic (exact) mass is 421 g/mol. The Bertz CT molecular complexity index is 742. The lowest BCUT2D eigenvalue weighted by Gasteiger charge is -2.14. The molecule has 2 aromatic carbocycles. The van der Waals surface area contributed by atoms with Crippen LogP contribution in [-0.4, -0.2) is 66.8 Å². The second kappa shape index (κ2) is 14.7. The Morgan fingerprint density at radius 1 is 0.933 bits per heavy atom. The van der Waals surface area contributed by atoms with Crippen LogP contribution >= 0.6 is 0 Å². The molecule has 1 unspecified atom stereocenters. The average molecular weight is 421 g/mol. The number of carboxylic acids is 2. The lowest BCUT2D eigenvalue weighted by Crippen LogP contribution is -2.32. The molecule has 0 saturated heterocycles. The molecule has 2 aromatic rings. The Hall–Kier alpha value is -3.30. The number of hydrogen-bond acceptors (Lipinski definition) is 7. The first kappa shape index (κ1) is 24.7. The predicted octanol–water partition coefficient (Wildman–Crippen LogP) is 1.65. The Kier molecular flexibility index (Phi) is 12.1. The van der Waals surface area contributed by atoms with E-state index < -0.39 is 18.0 Å². The Morgan fingerprint density at radius 2 is 1.53 bits per heavy atom. The molecule has 0 bridgehead atoms. The minimum absolute atomic E-state index is 0.273. The Balaban J connectivity index is 0.000000656. The standard InChI is InChI=1S/C19H25NO4.C2H2O4/c1-22-18-10-5-6-11-19(18)23-13-7-12-20-14-16(21)15-24-17-8-3-2-4-9-17;3-1(4)2(5)6/h2-6,8-11,16,20-21H,7,12-15H2,1H3;(H,3,4)(H,5,6). The fourth-order valence-electron chi connectivity index (χ4n) is 2.15. The van der Waals surface area contributed by atoms with Gasteiger partial charge in [-0.25, -0.2) is 9.59 Å². The van der Waals surface area contributed by atoms with Crippen molar-refractivity contribution in [1.82, 2.24) is 5.32 Å². The van der Waals surface area contributed by atoms with E-state index in [0.717, 1.165) is 30.2 Å². The number of methoxy groups -OCH3 is 1. The molecule has 2 rings (SSSR count). The summed E-state index contributed by atoms with van der Waals surface area (Å²) < 4.78 is 16.4. The lowest BCUT2D eigenvalue weighted by atomic mass is 10.3. The number of benzene rings is 2. The Morgan fingerprint density at radius 3 is 2.13 bits per heavy atom. The normalized spacial score (nSPS) is 10.9. The molecule has 1 atom stereocenters. The number of nitrogens with one attached hydrogen (secondary N) is 1. The van der Waals surface area contributed by atoms with Crippen molar-refractivity contribution in [2.24, 2.45) is 0 Å². The third kappa shape index (κ3) is 10.9. The first-order valence-corrected chi connectivity index (χ1v) is 9.22. The average Bonchev–Trinajstić information content (AvgIpc) is 2.76. The van der Waals surface area contributed by atoms with E-state index in [1.165, 1.54) is 0 Å². The summed E-state index contributed by atoms with van der Waals surface area (Å²) in [5.41, 5.74) is 0. The zero-order chi connectivity index (χ0) is 22.2. The minimum atomic E-state index is -1.82. The number of aliphatic carboxylic acids is 2. The molecule has 0 aromatic heterocycles. The highest BCUT2D eigenvalue weighted by molar-refractivity contribution is 6.27. The van der Waals surface area contributed by atoms with Gasteiger partial charge >= 0.3 is 11.9 Å². The molecule has 0 fully saturated rings. The van der Waals surface area contributed by atoms with Gasteiger partial charge in [0.1, 0.15) is 18.5 Å². The van der Waals surface area contributed by atoms with Crippen LogP contribution in [-0.2, 0) is 9.59 Å². The second-order valence-corrected chi connectivity index (χ2v) is 5.95. The molecule has 0 saturated carbocycles. The smallest absolute Gasteiger partial charge is 0.414 e. The van der Waals surface area contributed by atoms with E-state index in [1.54, 1.807) is 7.11 Å². The van der Waals surface area contributed by atoms with Gasteiger partial charge in [-0.1, -0.05) is 30.3 Å². The highest BCUT2D eigenvalue weighted by atomic mass is 16.5. The summed E-state index contributed by atoms with van der Waals surface area (Å²) in [5.74, 6) is -1.40. The molecular formula is C21H27NO8. The van der Waals surface area contributed by atoms with Gasteiger partial charge in [0.2, 0.25) is 0 Å². The zero-order valence-corrected chi connectivity index (χ0v) is 16.7. The van der Waals surface area contributed by atoms with Crippen LogP contribution in [0.3, 0.4) is 0 Å². The molecule has 0 heterocycles. The van der Waals surface area contributed by atoms with Gasteiger partial charge in [-0.05, 0) is 37.2 Å². The predicted molar refractivity (Wildman–Crippen MR) is 109 cm³/mol. The highest BCUT2D eigenvalue weighted by Crippen LogP contribution is 2.25. The van der Waals surface area contributed by atoms with Crippen LogP contribution in [0.25, 0.3) is 0 Å². The van der Waals surface area contributed by atoms with Crippen LogP contribution in [0.4, 0.5) is 0 Å². The summed E-state index contributed by atoms with van der Waals surface area (Å²) in [6.07, 6.45) is 0.296. The van der Waals surface area contributed by atoms with Crippen molar-refractivity contribution in [2.75, 3.05) is 33.4 Å². The molecule has 9 heteroatoms. The molecule has 0 amide bonds. The summed E-state index contributed by atoms with van der Waals surface area (Å²) in [5, 5.41) is 27.9. The largest absolute Gasteiger partial charge is 0.493 e. The summed E-state index contributed by atoms with van der Waals surface area (Å²) in [6, 6.07) is 17.1. The van der Waals surface area contributed by atoms with Crippen molar-refractivity contribution in [2.45, 2.75) is 12.5 Å². The lowest BCUT2D eigenvalue weighted by molar-refractivity contribution is -0.159. The van der Waals surface area contributed by atoms with E-state index in [0.29, 0.717) is 13.2 Å². The molecule has 0 aliphatic rings. The summed E-state index contributed by atoms with van der Waals surface area (Å²) in [4.78, 5) is 18.2. The minimum Gasteiger partial charge on any atom is -0.493 e. The molecule has 0 aliphatic heterocycles. The number of carbonyl (C=O) groups is 2. The molecule has 0 spiro atoms. The topological polar surface area (TPSA) is 135 Å². The zero-order valence-electron chi connectivity index (χ0n) is 16.7. The van der Waals surface area contributed by atoms with Gasteiger partial charge in [-0.2, -0.15) is 0 Å². The van der Waals surface area contributed by atoms with Crippen LogP contribution in [0.15, 0.2) is 54.6 Å². The number of aliphatic hydroxyl groups excluding tert-OH is 1. The van der Waals surface area contributed by atoms with Crippen LogP contribution in [0, 0.1) is 0 Å². The van der Waals surface area contributed by atoms with Crippen molar-refractivity contribution >= 4 is 11.9 Å². The molecular weight excluding hydrogens is 394 g/mol. The highest BCUT2D eigenvalue weighted by Gasteiger charge is 2.05. The Labute approximate surface area is 174 Å². The van der Waals surface area contributed by atoms with Crippen LogP contribution in [0.1, 0.15) is 6.42 Å². The SMILES string of the molecule is COc1ccccc1OCCCNCC(O)COc1ccccc1.O=C(O)C(=O)O. The number of rotatable bonds is 11. The van der Waals surface area contributed by atoms with E-state index in [-0.39, 0.29) is 6.61 Å². The van der Waals surface area contributed by atoms with Crippen molar-refractivity contribution < 1.29 is 39.1 Å². The van der Waals surface area contributed by atoms with E-state index in [2.05, 4.69) is 5.32 Å². The summed E-state index contributed by atoms with van der Waals surface area (Å²) in [7, 11) is 1.63. The van der Waals surface area contributed by atoms with E-state index in [9.17, 15) is 5.11 Å². The molecule has 30 heavy (non-hydrogen) atoms. The van der Waals surface area contributed by atoms with Gasteiger partial charge in [-0.15, -0.1) is 0 Å². The summed E-state index contributed by atoms with van der Waals surface area (Å²) >= 11 is 0. The number of aliphatic hydroxyl groups is 1. The number of para-hydroxylation sites is 3. The third-order valence-electron chi connectivity index (χ3n) is 3.57. The van der Waals surface area contributed by atoms with Crippen molar-refractivity contribution in [3.63, 3.8) is 0 Å². The maximum Gasteiger partial charge on any atom is 0.414 e. The number of hydrogen-bond donors (Lipinski definition) is 4. The van der Waals surface area contributed by atoms with Gasteiger partial charge in [-0.3, -0.25) is 0 Å². The van der Waals surface area contributed by atoms with E-state index >= 15 is 0 Å². The van der Waals surface area contributed by atoms with Crippen molar-refractivity contribution in [3.05, 3.63) is 54.6 Å². The van der Waals surface area contributed by atoms with Crippen molar-refractivity contribution in [3.8, 4) is 17.2 Å². The molecule has 0 radical (unpaired) electrons. The van der Waals surface area contributed by atoms with Gasteiger partial charge in [0.15, 0.2) is 11.5 Å². The first-order valence-electron chi connectivity index (χ1n) is 9.22. The van der Waals surface area contributed by atoms with Crippen LogP contribution < -0.4 is 19.5 Å². The molecule has 164 valence electrons. The van der Waals surface area contributed by atoms with Gasteiger partial charge < -0.3 is 34.8 Å². The number of carboxylic acid groups (broad SMARTS) is 2. The maximum absolute atomic E-state index is 9.88. The van der Waals surface area contributed by atoms with Crippen LogP contribution in [0.2, 0.25) is 0 Å². The number of ether oxygens (including phenoxy) is 3. The first-order chi connectivity index (χ1) is 14.4. The molecule has 4 N–H and O–H groups in total. The van der Waals surface area contributed by atoms with Crippen LogP contribution in [0.5, 0.6) is 17.2 Å². The van der Waals surface area contributed by atoms with Crippen molar-refractivity contribution in [1.29, 1.82) is 0 Å². The quantitative estimate of drug-likeness (QED) is 0.315. The van der Waals surface area contributed by atoms with E-state index in [1.807, 2.05) is 54.6 Å². The van der Waals surface area contributed by atoms with E-state index in [4.69, 9.17) is 34.0 Å². The maximum atomic E-state index is 9.88.